The van der Waals surface area contributed by atoms with Gasteiger partial charge in [-0.15, -0.1) is 6.42 Å². The summed E-state index contributed by atoms with van der Waals surface area (Å²) in [6, 6.07) is 0. The Morgan fingerprint density at radius 1 is 1.38 bits per heavy atom. The van der Waals surface area contributed by atoms with E-state index in [1.54, 1.807) is 4.90 Å². The van der Waals surface area contributed by atoms with E-state index in [1.165, 1.54) is 0 Å². The smallest absolute Gasteiger partial charge is 0.223 e. The molecule has 0 bridgehead atoms. The number of nitrogens with zero attached hydrogens (tertiary/aromatic N) is 1. The van der Waals surface area contributed by atoms with E-state index >= 15 is 0 Å². The normalized spacial score (nSPS) is 9.31. The molecule has 0 saturated heterocycles. The number of terminal acetylenes is 1. The number of hydrogen-bond donors (Lipinski definition) is 0. The highest BCUT2D eigenvalue weighted by atomic mass is 16.2. The summed E-state index contributed by atoms with van der Waals surface area (Å²) in [6.45, 7) is 5.37. The molecule has 0 aliphatic heterocycles. The summed E-state index contributed by atoms with van der Waals surface area (Å²) in [5.74, 6) is 2.71. The molecule has 74 valence electrons. The zero-order valence-corrected chi connectivity index (χ0v) is 8.68. The molecule has 0 fully saturated rings. The van der Waals surface area contributed by atoms with Gasteiger partial charge in [0.2, 0.25) is 5.91 Å². The Bertz CT molecular complexity index is 181. The van der Waals surface area contributed by atoms with E-state index in [0.717, 1.165) is 25.8 Å². The minimum atomic E-state index is 0.196. The van der Waals surface area contributed by atoms with Crippen LogP contribution < -0.4 is 0 Å². The SMILES string of the molecule is C#CCN(CCC)C(=O)CCCC. The molecule has 1 amide bonds. The van der Waals surface area contributed by atoms with Gasteiger partial charge < -0.3 is 4.90 Å². The fourth-order valence-electron chi connectivity index (χ4n) is 1.16. The number of unbranched alkanes of at least 4 members (excludes halogenated alkanes) is 1. The number of rotatable bonds is 6. The maximum Gasteiger partial charge on any atom is 0.223 e. The van der Waals surface area contributed by atoms with Crippen molar-refractivity contribution >= 4 is 5.91 Å². The molecule has 0 radical (unpaired) electrons. The van der Waals surface area contributed by atoms with Crippen molar-refractivity contribution in [1.82, 2.24) is 4.90 Å². The van der Waals surface area contributed by atoms with Crippen LogP contribution in [0.5, 0.6) is 0 Å². The number of carbonyl (C=O) groups excluding carboxylic acids is 1. The van der Waals surface area contributed by atoms with Gasteiger partial charge in [0.15, 0.2) is 0 Å². The first kappa shape index (κ1) is 12.0. The standard InChI is InChI=1S/C11H19NO/c1-4-7-8-11(13)12(9-5-2)10-6-3/h2H,4,6-10H2,1,3H3. The van der Waals surface area contributed by atoms with Gasteiger partial charge in [-0.25, -0.2) is 0 Å². The van der Waals surface area contributed by atoms with Crippen LogP contribution in [-0.4, -0.2) is 23.9 Å². The second kappa shape index (κ2) is 7.67. The van der Waals surface area contributed by atoms with Crippen LogP contribution in [0.2, 0.25) is 0 Å². The lowest BCUT2D eigenvalue weighted by Gasteiger charge is -2.19. The summed E-state index contributed by atoms with van der Waals surface area (Å²) < 4.78 is 0. The highest BCUT2D eigenvalue weighted by Crippen LogP contribution is 2.01. The first-order chi connectivity index (χ1) is 6.26. The topological polar surface area (TPSA) is 20.3 Å². The zero-order chi connectivity index (χ0) is 10.1. The Kier molecular flexibility index (Phi) is 7.10. The molecule has 0 aromatic carbocycles. The summed E-state index contributed by atoms with van der Waals surface area (Å²) in [4.78, 5) is 13.3. The van der Waals surface area contributed by atoms with Crippen LogP contribution in [0.25, 0.3) is 0 Å². The van der Waals surface area contributed by atoms with E-state index in [9.17, 15) is 4.79 Å². The first-order valence-electron chi connectivity index (χ1n) is 4.97. The molecule has 0 atom stereocenters. The third-order valence-electron chi connectivity index (χ3n) is 1.87. The minimum absolute atomic E-state index is 0.196. The molecule has 2 heteroatoms. The van der Waals surface area contributed by atoms with Crippen LogP contribution in [0.1, 0.15) is 39.5 Å². The average Bonchev–Trinajstić information content (AvgIpc) is 2.14. The molecule has 0 unspecified atom stereocenters. The maximum absolute atomic E-state index is 11.5. The maximum atomic E-state index is 11.5. The minimum Gasteiger partial charge on any atom is -0.332 e. The van der Waals surface area contributed by atoms with Gasteiger partial charge >= 0.3 is 0 Å². The summed E-state index contributed by atoms with van der Waals surface area (Å²) in [5, 5.41) is 0. The molecule has 0 aromatic rings. The third kappa shape index (κ3) is 5.30. The van der Waals surface area contributed by atoms with Gasteiger partial charge in [0.25, 0.3) is 0 Å². The lowest BCUT2D eigenvalue weighted by molar-refractivity contribution is -0.130. The molecule has 0 aliphatic carbocycles. The summed E-state index contributed by atoms with van der Waals surface area (Å²) >= 11 is 0. The fourth-order valence-corrected chi connectivity index (χ4v) is 1.16. The van der Waals surface area contributed by atoms with Gasteiger partial charge in [-0.2, -0.15) is 0 Å². The van der Waals surface area contributed by atoms with Gasteiger partial charge in [-0.05, 0) is 12.8 Å². The van der Waals surface area contributed by atoms with E-state index in [1.807, 2.05) is 0 Å². The molecule has 2 nitrogen and oxygen atoms in total. The van der Waals surface area contributed by atoms with Crippen molar-refractivity contribution < 1.29 is 4.79 Å². The molecular weight excluding hydrogens is 162 g/mol. The van der Waals surface area contributed by atoms with Gasteiger partial charge in [-0.3, -0.25) is 4.79 Å². The monoisotopic (exact) mass is 181 g/mol. The summed E-state index contributed by atoms with van der Waals surface area (Å²) in [5.41, 5.74) is 0. The van der Waals surface area contributed by atoms with Crippen molar-refractivity contribution in [2.45, 2.75) is 39.5 Å². The molecule has 0 heterocycles. The molecule has 0 aliphatic rings. The quantitative estimate of drug-likeness (QED) is 0.574. The number of amides is 1. The molecule has 0 aromatic heterocycles. The van der Waals surface area contributed by atoms with E-state index < -0.39 is 0 Å². The van der Waals surface area contributed by atoms with Gasteiger partial charge in [0.1, 0.15) is 0 Å². The van der Waals surface area contributed by atoms with Crippen LogP contribution in [0.15, 0.2) is 0 Å². The van der Waals surface area contributed by atoms with E-state index in [-0.39, 0.29) is 5.91 Å². The van der Waals surface area contributed by atoms with Crippen LogP contribution in [0.4, 0.5) is 0 Å². The van der Waals surface area contributed by atoms with E-state index in [4.69, 9.17) is 6.42 Å². The third-order valence-corrected chi connectivity index (χ3v) is 1.87. The molecule has 0 saturated carbocycles. The number of hydrogen-bond acceptors (Lipinski definition) is 1. The second-order valence-corrected chi connectivity index (χ2v) is 3.12. The molecule has 13 heavy (non-hydrogen) atoms. The largest absolute Gasteiger partial charge is 0.332 e. The Labute approximate surface area is 81.3 Å². The van der Waals surface area contributed by atoms with Crippen LogP contribution in [-0.2, 0) is 4.79 Å². The summed E-state index contributed by atoms with van der Waals surface area (Å²) in [7, 11) is 0. The predicted molar refractivity (Wildman–Crippen MR) is 55.2 cm³/mol. The van der Waals surface area contributed by atoms with Crippen LogP contribution >= 0.6 is 0 Å². The Hall–Kier alpha value is -0.970. The van der Waals surface area contributed by atoms with Gasteiger partial charge in [-0.1, -0.05) is 26.2 Å². The van der Waals surface area contributed by atoms with Gasteiger partial charge in [0, 0.05) is 13.0 Å². The lowest BCUT2D eigenvalue weighted by Crippen LogP contribution is -2.31. The molecule has 0 spiro atoms. The van der Waals surface area contributed by atoms with Crippen LogP contribution in [0.3, 0.4) is 0 Å². The molecular formula is C11H19NO. The van der Waals surface area contributed by atoms with E-state index in [0.29, 0.717) is 13.0 Å². The average molecular weight is 181 g/mol. The van der Waals surface area contributed by atoms with E-state index in [2.05, 4.69) is 19.8 Å². The van der Waals surface area contributed by atoms with Crippen molar-refractivity contribution in [3.05, 3.63) is 0 Å². The lowest BCUT2D eigenvalue weighted by atomic mass is 10.2. The van der Waals surface area contributed by atoms with Crippen molar-refractivity contribution in [3.63, 3.8) is 0 Å². The summed E-state index contributed by atoms with van der Waals surface area (Å²) in [6.07, 6.45) is 8.81. The van der Waals surface area contributed by atoms with Crippen molar-refractivity contribution in [1.29, 1.82) is 0 Å². The second-order valence-electron chi connectivity index (χ2n) is 3.12. The molecule has 0 rings (SSSR count). The Morgan fingerprint density at radius 2 is 2.08 bits per heavy atom. The fraction of sp³-hybridized carbons (Fsp3) is 0.727. The van der Waals surface area contributed by atoms with Crippen molar-refractivity contribution in [2.24, 2.45) is 0 Å². The Morgan fingerprint density at radius 3 is 2.54 bits per heavy atom. The molecule has 0 N–H and O–H groups in total. The highest BCUT2D eigenvalue weighted by molar-refractivity contribution is 5.76. The van der Waals surface area contributed by atoms with Crippen LogP contribution in [0, 0.1) is 12.3 Å². The predicted octanol–water partition coefficient (Wildman–Crippen LogP) is 2.05. The Balaban J connectivity index is 3.89. The first-order valence-corrected chi connectivity index (χ1v) is 4.97. The highest BCUT2D eigenvalue weighted by Gasteiger charge is 2.09. The van der Waals surface area contributed by atoms with Crippen molar-refractivity contribution in [2.75, 3.05) is 13.1 Å². The van der Waals surface area contributed by atoms with Gasteiger partial charge in [0.05, 0.1) is 6.54 Å². The number of carbonyl (C=O) groups is 1. The zero-order valence-electron chi connectivity index (χ0n) is 8.68. The van der Waals surface area contributed by atoms with Crippen molar-refractivity contribution in [3.8, 4) is 12.3 Å².